The molecule has 5 nitrogen and oxygen atoms in total. The number of hydrogen-bond donors (Lipinski definition) is 1. The first-order valence-electron chi connectivity index (χ1n) is 9.47. The predicted octanol–water partition coefficient (Wildman–Crippen LogP) is 3.53. The van der Waals surface area contributed by atoms with E-state index in [1.54, 1.807) is 5.01 Å². The number of fused-ring (bicyclic) bond motifs is 2. The topological polar surface area (TPSA) is 57.1 Å². The lowest BCUT2D eigenvalue weighted by atomic mass is 10.1. The van der Waals surface area contributed by atoms with Gasteiger partial charge in [-0.3, -0.25) is 15.1 Å². The van der Waals surface area contributed by atoms with Crippen LogP contribution < -0.4 is 15.9 Å². The summed E-state index contributed by atoms with van der Waals surface area (Å²) in [5.74, 6) is 0.560. The number of hydrogen-bond acceptors (Lipinski definition) is 5. The molecule has 30 heavy (non-hydrogen) atoms. The number of nitrogens with zero attached hydrogens (tertiary/aromatic N) is 3. The number of benzene rings is 3. The molecule has 5 rings (SSSR count). The molecule has 0 saturated carbocycles. The molecular weight excluding hydrogens is 460 g/mol. The van der Waals surface area contributed by atoms with E-state index in [1.807, 2.05) is 66.7 Å². The molecule has 1 N–H and O–H groups in total. The van der Waals surface area contributed by atoms with Gasteiger partial charge in [-0.05, 0) is 29.3 Å². The van der Waals surface area contributed by atoms with Crippen molar-refractivity contribution >= 4 is 44.5 Å². The summed E-state index contributed by atoms with van der Waals surface area (Å²) in [5.41, 5.74) is 2.67. The lowest BCUT2D eigenvalue weighted by Gasteiger charge is -2.34. The van der Waals surface area contributed by atoms with Crippen molar-refractivity contribution < 1.29 is 4.79 Å². The first-order chi connectivity index (χ1) is 14.7. The number of nitrogens with one attached hydrogen (secondary N) is 1. The zero-order valence-corrected chi connectivity index (χ0v) is 18.2. The Balaban J connectivity index is 1.57. The average Bonchev–Trinajstić information content (AvgIpc) is 2.78. The molecule has 0 spiro atoms. The van der Waals surface area contributed by atoms with Gasteiger partial charge in [0.1, 0.15) is 5.70 Å². The highest BCUT2D eigenvalue weighted by Gasteiger charge is 2.34. The van der Waals surface area contributed by atoms with E-state index in [0.29, 0.717) is 10.9 Å². The fourth-order valence-electron chi connectivity index (χ4n) is 3.47. The molecule has 0 radical (unpaired) electrons. The number of rotatable bonds is 3. The standard InChI is InChI=1S/C23H17BrN4OS/c24-17-12-10-16(11-13-17)21-25-19-9-5-4-8-18(19)20-22(29)26-23(27-28(20)21)30-14-15-6-2-1-3-7-15/h1-13,21H,14H2,(H,26,27,29)/t21-/m1/s1. The van der Waals surface area contributed by atoms with Crippen molar-refractivity contribution in [2.75, 3.05) is 0 Å². The Morgan fingerprint density at radius 2 is 1.70 bits per heavy atom. The number of carbonyl (C=O) groups is 1. The van der Waals surface area contributed by atoms with Gasteiger partial charge in [-0.15, -0.1) is 5.10 Å². The molecule has 7 heteroatoms. The van der Waals surface area contributed by atoms with Crippen LogP contribution in [-0.2, 0) is 10.5 Å². The smallest absolute Gasteiger partial charge is 0.276 e. The minimum atomic E-state index is -0.402. The Labute approximate surface area is 186 Å². The van der Waals surface area contributed by atoms with Gasteiger partial charge < -0.3 is 0 Å². The molecule has 3 aromatic carbocycles. The number of carbonyl (C=O) groups excluding carboxylic acids is 1. The SMILES string of the molecule is O=C1NC(SCc2ccccc2)=NN2C1=c1ccccc1=N[C@H]2c1ccc(Br)cc1. The zero-order valence-electron chi connectivity index (χ0n) is 15.8. The molecule has 0 aliphatic carbocycles. The Bertz CT molecular complexity index is 1260. The van der Waals surface area contributed by atoms with Gasteiger partial charge in [-0.25, -0.2) is 5.01 Å². The number of amides is 1. The summed E-state index contributed by atoms with van der Waals surface area (Å²) >= 11 is 4.99. The molecule has 1 amide bonds. The normalized spacial score (nSPS) is 17.4. The highest BCUT2D eigenvalue weighted by atomic mass is 79.9. The first kappa shape index (κ1) is 19.1. The minimum absolute atomic E-state index is 0.162. The fourth-order valence-corrected chi connectivity index (χ4v) is 4.54. The van der Waals surface area contributed by atoms with Gasteiger partial charge in [-0.1, -0.05) is 88.4 Å². The van der Waals surface area contributed by atoms with Crippen LogP contribution >= 0.6 is 27.7 Å². The molecule has 3 aromatic rings. The summed E-state index contributed by atoms with van der Waals surface area (Å²) < 4.78 is 0.991. The quantitative estimate of drug-likeness (QED) is 0.628. The van der Waals surface area contributed by atoms with Crippen molar-refractivity contribution in [2.45, 2.75) is 11.9 Å². The Kier molecular flexibility index (Phi) is 5.14. The lowest BCUT2D eigenvalue weighted by Crippen LogP contribution is -2.50. The maximum absolute atomic E-state index is 13.1. The van der Waals surface area contributed by atoms with Crippen LogP contribution in [0.15, 0.2) is 93.4 Å². The molecule has 0 saturated heterocycles. The number of para-hydroxylation sites is 1. The summed E-state index contributed by atoms with van der Waals surface area (Å²) in [6.45, 7) is 0. The van der Waals surface area contributed by atoms with Crippen molar-refractivity contribution in [1.29, 1.82) is 0 Å². The molecule has 2 aliphatic heterocycles. The van der Waals surface area contributed by atoms with E-state index in [2.05, 4.69) is 33.4 Å². The molecule has 0 unspecified atom stereocenters. The third-order valence-corrected chi connectivity index (χ3v) is 6.37. The van der Waals surface area contributed by atoms with Crippen molar-refractivity contribution in [1.82, 2.24) is 10.3 Å². The van der Waals surface area contributed by atoms with Crippen molar-refractivity contribution in [2.24, 2.45) is 10.1 Å². The Morgan fingerprint density at radius 1 is 0.967 bits per heavy atom. The van der Waals surface area contributed by atoms with Crippen molar-refractivity contribution in [3.63, 3.8) is 0 Å². The van der Waals surface area contributed by atoms with Crippen LogP contribution in [0.5, 0.6) is 0 Å². The summed E-state index contributed by atoms with van der Waals surface area (Å²) in [5, 5.41) is 11.6. The molecular formula is C23H17BrN4OS. The average molecular weight is 477 g/mol. The van der Waals surface area contributed by atoms with Crippen LogP contribution in [0.25, 0.3) is 5.70 Å². The van der Waals surface area contributed by atoms with E-state index in [0.717, 1.165) is 26.4 Å². The van der Waals surface area contributed by atoms with E-state index in [4.69, 9.17) is 10.1 Å². The lowest BCUT2D eigenvalue weighted by molar-refractivity contribution is -0.116. The van der Waals surface area contributed by atoms with Crippen LogP contribution in [-0.4, -0.2) is 16.1 Å². The largest absolute Gasteiger partial charge is 0.298 e. The molecule has 2 aliphatic rings. The minimum Gasteiger partial charge on any atom is -0.298 e. The maximum atomic E-state index is 13.1. The van der Waals surface area contributed by atoms with Gasteiger partial charge in [0.15, 0.2) is 11.3 Å². The third-order valence-electron chi connectivity index (χ3n) is 4.90. The third kappa shape index (κ3) is 3.66. The van der Waals surface area contributed by atoms with Gasteiger partial charge in [0, 0.05) is 15.4 Å². The van der Waals surface area contributed by atoms with E-state index >= 15 is 0 Å². The van der Waals surface area contributed by atoms with Crippen molar-refractivity contribution in [3.8, 4) is 0 Å². The highest BCUT2D eigenvalue weighted by Crippen LogP contribution is 2.31. The maximum Gasteiger partial charge on any atom is 0.276 e. The highest BCUT2D eigenvalue weighted by molar-refractivity contribution is 9.10. The number of thioether (sulfide) groups is 1. The summed E-state index contributed by atoms with van der Waals surface area (Å²) in [4.78, 5) is 18.0. The van der Waals surface area contributed by atoms with Crippen molar-refractivity contribution in [3.05, 3.63) is 105 Å². The van der Waals surface area contributed by atoms with Gasteiger partial charge >= 0.3 is 0 Å². The predicted molar refractivity (Wildman–Crippen MR) is 123 cm³/mol. The Hall–Kier alpha value is -2.90. The van der Waals surface area contributed by atoms with E-state index in [1.165, 1.54) is 17.3 Å². The summed E-state index contributed by atoms with van der Waals surface area (Å²) in [6, 6.07) is 25.8. The Morgan fingerprint density at radius 3 is 2.50 bits per heavy atom. The van der Waals surface area contributed by atoms with Crippen LogP contribution in [0, 0.1) is 0 Å². The summed E-state index contributed by atoms with van der Waals surface area (Å²) in [7, 11) is 0. The van der Waals surface area contributed by atoms with Crippen LogP contribution in [0.2, 0.25) is 0 Å². The number of amidine groups is 1. The first-order valence-corrected chi connectivity index (χ1v) is 11.3. The molecule has 2 heterocycles. The second-order valence-electron chi connectivity index (χ2n) is 6.90. The number of halogens is 1. The van der Waals surface area contributed by atoms with E-state index in [9.17, 15) is 4.79 Å². The zero-order chi connectivity index (χ0) is 20.5. The molecule has 0 fully saturated rings. The molecule has 0 bridgehead atoms. The van der Waals surface area contributed by atoms with Gasteiger partial charge in [0.2, 0.25) is 0 Å². The van der Waals surface area contributed by atoms with Gasteiger partial charge in [0.25, 0.3) is 5.91 Å². The van der Waals surface area contributed by atoms with E-state index < -0.39 is 6.17 Å². The molecule has 0 aromatic heterocycles. The van der Waals surface area contributed by atoms with Crippen LogP contribution in [0.4, 0.5) is 0 Å². The van der Waals surface area contributed by atoms with Gasteiger partial charge in [-0.2, -0.15) is 0 Å². The second-order valence-corrected chi connectivity index (χ2v) is 8.78. The fraction of sp³-hybridized carbons (Fsp3) is 0.0870. The molecule has 1 atom stereocenters. The second kappa shape index (κ2) is 8.08. The van der Waals surface area contributed by atoms with Crippen LogP contribution in [0.3, 0.4) is 0 Å². The van der Waals surface area contributed by atoms with Gasteiger partial charge in [0.05, 0.1) is 5.36 Å². The van der Waals surface area contributed by atoms with E-state index in [-0.39, 0.29) is 5.91 Å². The summed E-state index contributed by atoms with van der Waals surface area (Å²) in [6.07, 6.45) is -0.402. The number of hydrazone groups is 1. The monoisotopic (exact) mass is 476 g/mol. The molecule has 148 valence electrons. The van der Waals surface area contributed by atoms with Crippen LogP contribution in [0.1, 0.15) is 17.3 Å².